The number of rotatable bonds is 3. The van der Waals surface area contributed by atoms with Crippen LogP contribution in [0.4, 0.5) is 0 Å². The summed E-state index contributed by atoms with van der Waals surface area (Å²) < 4.78 is 4.86. The van der Waals surface area contributed by atoms with E-state index in [1.807, 2.05) is 6.20 Å². The van der Waals surface area contributed by atoms with Crippen LogP contribution in [0, 0.1) is 0 Å². The second kappa shape index (κ2) is 10.3. The number of fused-ring (bicyclic) bond motifs is 11. The van der Waals surface area contributed by atoms with Gasteiger partial charge in [-0.05, 0) is 105 Å². The minimum absolute atomic E-state index is 1.05. The molecule has 0 saturated heterocycles. The number of aromatic nitrogens is 3. The molecular weight excluding hydrogens is 631 g/mol. The predicted molar refractivity (Wildman–Crippen MR) is 218 cm³/mol. The number of pyridine rings is 1. The first kappa shape index (κ1) is 27.8. The lowest BCUT2D eigenvalue weighted by Crippen LogP contribution is -1.94. The third kappa shape index (κ3) is 3.72. The van der Waals surface area contributed by atoms with Crippen LogP contribution in [0.5, 0.6) is 0 Å². The fourth-order valence-corrected chi connectivity index (χ4v) is 9.02. The van der Waals surface area contributed by atoms with Crippen LogP contribution in [0.1, 0.15) is 0 Å². The van der Waals surface area contributed by atoms with E-state index in [1.54, 1.807) is 0 Å². The number of hydrogen-bond donors (Lipinski definition) is 0. The first-order chi connectivity index (χ1) is 25.8. The molecule has 1 aliphatic carbocycles. The number of para-hydroxylation sites is 2. The molecule has 0 N–H and O–H groups in total. The van der Waals surface area contributed by atoms with E-state index < -0.39 is 0 Å². The van der Waals surface area contributed by atoms with Crippen molar-refractivity contribution in [2.45, 2.75) is 0 Å². The van der Waals surface area contributed by atoms with Crippen LogP contribution in [-0.2, 0) is 0 Å². The van der Waals surface area contributed by atoms with Crippen molar-refractivity contribution in [3.05, 3.63) is 176 Å². The topological polar surface area (TPSA) is 22.8 Å². The molecule has 240 valence electrons. The van der Waals surface area contributed by atoms with E-state index in [0.717, 1.165) is 11.2 Å². The Bertz CT molecular complexity index is 3280. The first-order valence-corrected chi connectivity index (χ1v) is 17.9. The van der Waals surface area contributed by atoms with E-state index in [0.29, 0.717) is 0 Å². The van der Waals surface area contributed by atoms with Gasteiger partial charge < -0.3 is 9.13 Å². The average Bonchev–Trinajstić information content (AvgIpc) is 3.84. The van der Waals surface area contributed by atoms with Crippen LogP contribution < -0.4 is 0 Å². The van der Waals surface area contributed by atoms with Crippen LogP contribution >= 0.6 is 0 Å². The third-order valence-corrected chi connectivity index (χ3v) is 11.3. The zero-order valence-corrected chi connectivity index (χ0v) is 28.1. The summed E-state index contributed by atoms with van der Waals surface area (Å²) >= 11 is 0. The van der Waals surface area contributed by atoms with Crippen LogP contribution in [0.15, 0.2) is 176 Å². The van der Waals surface area contributed by atoms with Gasteiger partial charge in [0.05, 0.1) is 27.6 Å². The van der Waals surface area contributed by atoms with Gasteiger partial charge in [0, 0.05) is 49.9 Å². The van der Waals surface area contributed by atoms with Gasteiger partial charge in [-0.1, -0.05) is 103 Å². The number of benzene rings is 8. The fraction of sp³-hybridized carbons (Fsp3) is 0. The van der Waals surface area contributed by atoms with Crippen molar-refractivity contribution < 1.29 is 0 Å². The molecule has 3 nitrogen and oxygen atoms in total. The predicted octanol–water partition coefficient (Wildman–Crippen LogP) is 12.9. The molecule has 11 aromatic rings. The molecule has 52 heavy (non-hydrogen) atoms. The molecular formula is C49H29N3. The van der Waals surface area contributed by atoms with Crippen molar-refractivity contribution in [1.82, 2.24) is 14.1 Å². The molecule has 3 heteroatoms. The summed E-state index contributed by atoms with van der Waals surface area (Å²) in [5, 5.41) is 8.79. The highest BCUT2D eigenvalue weighted by Crippen LogP contribution is 2.48. The Morgan fingerprint density at radius 1 is 0.365 bits per heavy atom. The van der Waals surface area contributed by atoms with Gasteiger partial charge in [-0.3, -0.25) is 4.98 Å². The summed E-state index contributed by atoms with van der Waals surface area (Å²) in [6.45, 7) is 0. The van der Waals surface area contributed by atoms with Gasteiger partial charge in [-0.25, -0.2) is 0 Å². The summed E-state index contributed by atoms with van der Waals surface area (Å²) in [7, 11) is 0. The smallest absolute Gasteiger partial charge is 0.0714 e. The van der Waals surface area contributed by atoms with Crippen molar-refractivity contribution in [1.29, 1.82) is 0 Å². The summed E-state index contributed by atoms with van der Waals surface area (Å²) in [6, 6.07) is 62.3. The molecule has 3 heterocycles. The van der Waals surface area contributed by atoms with E-state index in [-0.39, 0.29) is 0 Å². The molecule has 0 bridgehead atoms. The molecule has 0 atom stereocenters. The minimum Gasteiger partial charge on any atom is -0.309 e. The molecule has 0 amide bonds. The molecule has 0 spiro atoms. The van der Waals surface area contributed by atoms with Crippen molar-refractivity contribution in [2.75, 3.05) is 0 Å². The lowest BCUT2D eigenvalue weighted by molar-refractivity contribution is 1.18. The van der Waals surface area contributed by atoms with E-state index in [1.165, 1.54) is 98.8 Å². The molecule has 0 saturated carbocycles. The lowest BCUT2D eigenvalue weighted by atomic mass is 10.00. The number of nitrogens with zero attached hydrogens (tertiary/aromatic N) is 3. The molecule has 8 aromatic carbocycles. The Balaban J connectivity index is 1.06. The molecule has 3 aromatic heterocycles. The highest BCUT2D eigenvalue weighted by atomic mass is 15.0. The second-order valence-corrected chi connectivity index (χ2v) is 14.0. The fourth-order valence-electron chi connectivity index (χ4n) is 9.02. The average molecular weight is 660 g/mol. The molecule has 12 rings (SSSR count). The van der Waals surface area contributed by atoms with Crippen molar-refractivity contribution in [3.63, 3.8) is 0 Å². The molecule has 0 unspecified atom stereocenters. The maximum atomic E-state index is 4.67. The van der Waals surface area contributed by atoms with Crippen LogP contribution in [0.3, 0.4) is 0 Å². The highest BCUT2D eigenvalue weighted by Gasteiger charge is 2.23. The van der Waals surface area contributed by atoms with E-state index in [2.05, 4.69) is 184 Å². The molecule has 1 aliphatic rings. The summed E-state index contributed by atoms with van der Waals surface area (Å²) in [4.78, 5) is 4.67. The monoisotopic (exact) mass is 659 g/mol. The SMILES string of the molecule is c1ccc(-n2c3ccc(-c4ccc5c(c4)c4ccccc4n5-c4ccc5c(c4)-c4cccc6nccc-5c46)cc3c3ccc4ccccc4c32)cc1. The minimum atomic E-state index is 1.05. The van der Waals surface area contributed by atoms with Gasteiger partial charge in [-0.15, -0.1) is 0 Å². The van der Waals surface area contributed by atoms with Crippen molar-refractivity contribution >= 4 is 65.3 Å². The van der Waals surface area contributed by atoms with E-state index >= 15 is 0 Å². The Hall–Kier alpha value is -6.97. The Morgan fingerprint density at radius 3 is 1.94 bits per heavy atom. The highest BCUT2D eigenvalue weighted by molar-refractivity contribution is 6.20. The van der Waals surface area contributed by atoms with Gasteiger partial charge in [0.15, 0.2) is 0 Å². The largest absolute Gasteiger partial charge is 0.309 e. The Labute approximate surface area is 299 Å². The van der Waals surface area contributed by atoms with Crippen LogP contribution in [0.2, 0.25) is 0 Å². The van der Waals surface area contributed by atoms with E-state index in [4.69, 9.17) is 0 Å². The second-order valence-electron chi connectivity index (χ2n) is 14.0. The standard InChI is InChI=1S/C49H29N3/c1-2-10-33(11-3-1)52-47-24-19-32(28-43(47)40-21-17-30-9-4-5-12-35(30)49(40)52)31-18-23-46-42(27-31)37-13-6-7-16-45(37)51(46)34-20-22-36-39-25-26-50-44-15-8-14-38(48(39)44)41(36)29-34/h1-29H. The molecule has 0 aliphatic heterocycles. The number of hydrogen-bond acceptors (Lipinski definition) is 1. The Kier molecular flexibility index (Phi) is 5.50. The third-order valence-electron chi connectivity index (χ3n) is 11.3. The normalized spacial score (nSPS) is 12.2. The van der Waals surface area contributed by atoms with Gasteiger partial charge in [0.1, 0.15) is 0 Å². The van der Waals surface area contributed by atoms with Crippen LogP contribution in [0.25, 0.3) is 110 Å². The maximum Gasteiger partial charge on any atom is 0.0714 e. The maximum absolute atomic E-state index is 4.67. The summed E-state index contributed by atoms with van der Waals surface area (Å²) in [5.41, 5.74) is 15.8. The van der Waals surface area contributed by atoms with Gasteiger partial charge in [-0.2, -0.15) is 0 Å². The van der Waals surface area contributed by atoms with Crippen LogP contribution in [-0.4, -0.2) is 14.1 Å². The Morgan fingerprint density at radius 2 is 1.08 bits per heavy atom. The zero-order chi connectivity index (χ0) is 33.9. The lowest BCUT2D eigenvalue weighted by Gasteiger charge is -2.11. The first-order valence-electron chi connectivity index (χ1n) is 17.9. The van der Waals surface area contributed by atoms with E-state index in [9.17, 15) is 0 Å². The van der Waals surface area contributed by atoms with Gasteiger partial charge in [0.2, 0.25) is 0 Å². The van der Waals surface area contributed by atoms with Gasteiger partial charge in [0.25, 0.3) is 0 Å². The van der Waals surface area contributed by atoms with Gasteiger partial charge >= 0.3 is 0 Å². The summed E-state index contributed by atoms with van der Waals surface area (Å²) in [6.07, 6.45) is 1.93. The summed E-state index contributed by atoms with van der Waals surface area (Å²) in [5.74, 6) is 0. The van der Waals surface area contributed by atoms with Crippen molar-refractivity contribution in [3.8, 4) is 44.8 Å². The zero-order valence-electron chi connectivity index (χ0n) is 28.1. The quantitative estimate of drug-likeness (QED) is 0.185. The van der Waals surface area contributed by atoms with Crippen molar-refractivity contribution in [2.24, 2.45) is 0 Å². The molecule has 0 radical (unpaired) electrons. The molecule has 0 fully saturated rings.